The Morgan fingerprint density at radius 1 is 1.50 bits per heavy atom. The third kappa shape index (κ3) is 2.36. The van der Waals surface area contributed by atoms with Crippen LogP contribution < -0.4 is 4.74 Å². The minimum absolute atomic E-state index is 0.0101. The van der Waals surface area contributed by atoms with E-state index in [-0.39, 0.29) is 23.1 Å². The minimum atomic E-state index is -0.513. The summed E-state index contributed by atoms with van der Waals surface area (Å²) in [5.74, 6) is -0.0961. The van der Waals surface area contributed by atoms with Gasteiger partial charge in [-0.3, -0.25) is 14.9 Å². The van der Waals surface area contributed by atoms with E-state index in [1.54, 1.807) is 13.0 Å². The lowest BCUT2D eigenvalue weighted by Crippen LogP contribution is -2.05. The fourth-order valence-electron chi connectivity index (χ4n) is 1.35. The summed E-state index contributed by atoms with van der Waals surface area (Å²) >= 11 is 0. The van der Waals surface area contributed by atoms with Gasteiger partial charge in [-0.15, -0.1) is 0 Å². The number of hydrogen-bond acceptors (Lipinski definition) is 4. The summed E-state index contributed by atoms with van der Waals surface area (Å²) in [6.45, 7) is 3.24. The molecule has 0 fully saturated rings. The highest BCUT2D eigenvalue weighted by molar-refractivity contribution is 5.83. The number of nitro benzene ring substituents is 1. The molecule has 0 spiro atoms. The van der Waals surface area contributed by atoms with Crippen molar-refractivity contribution < 1.29 is 14.5 Å². The van der Waals surface area contributed by atoms with E-state index in [0.29, 0.717) is 0 Å². The second kappa shape index (κ2) is 4.74. The lowest BCUT2D eigenvalue weighted by Gasteiger charge is -2.09. The van der Waals surface area contributed by atoms with Crippen LogP contribution in [-0.4, -0.2) is 17.8 Å². The quantitative estimate of drug-likeness (QED) is 0.580. The summed E-state index contributed by atoms with van der Waals surface area (Å²) in [7, 11) is 1.37. The molecule has 5 nitrogen and oxygen atoms in total. The molecule has 1 unspecified atom stereocenters. The first-order valence-corrected chi connectivity index (χ1v) is 4.80. The first kappa shape index (κ1) is 12.2. The van der Waals surface area contributed by atoms with Gasteiger partial charge in [0.1, 0.15) is 5.78 Å². The highest BCUT2D eigenvalue weighted by Gasteiger charge is 2.18. The van der Waals surface area contributed by atoms with Gasteiger partial charge in [-0.05, 0) is 18.6 Å². The molecule has 0 aromatic heterocycles. The molecule has 0 saturated carbocycles. The predicted molar refractivity (Wildman–Crippen MR) is 58.7 cm³/mol. The van der Waals surface area contributed by atoms with Crippen molar-refractivity contribution in [3.8, 4) is 5.75 Å². The number of carbonyl (C=O) groups excluding carboxylic acids is 1. The molecule has 0 bridgehead atoms. The van der Waals surface area contributed by atoms with Crippen LogP contribution in [0.2, 0.25) is 0 Å². The number of nitro groups is 1. The van der Waals surface area contributed by atoms with E-state index in [1.807, 2.05) is 0 Å². The SMILES string of the molecule is COc1cc(C(C)C(C)=O)ccc1[N+](=O)[O-]. The topological polar surface area (TPSA) is 69.4 Å². The van der Waals surface area contributed by atoms with Gasteiger partial charge >= 0.3 is 5.69 Å². The van der Waals surface area contributed by atoms with Crippen LogP contribution in [0.3, 0.4) is 0 Å². The molecule has 1 aromatic carbocycles. The molecular weight excluding hydrogens is 210 g/mol. The lowest BCUT2D eigenvalue weighted by atomic mass is 9.97. The van der Waals surface area contributed by atoms with Gasteiger partial charge in [-0.2, -0.15) is 0 Å². The highest BCUT2D eigenvalue weighted by atomic mass is 16.6. The fourth-order valence-corrected chi connectivity index (χ4v) is 1.35. The number of nitrogens with zero attached hydrogens (tertiary/aromatic N) is 1. The van der Waals surface area contributed by atoms with Crippen LogP contribution in [0.5, 0.6) is 5.75 Å². The molecule has 1 rings (SSSR count). The van der Waals surface area contributed by atoms with Crippen LogP contribution in [0.4, 0.5) is 5.69 Å². The van der Waals surface area contributed by atoms with Crippen LogP contribution in [-0.2, 0) is 4.79 Å². The molecule has 0 saturated heterocycles. The highest BCUT2D eigenvalue weighted by Crippen LogP contribution is 2.30. The molecule has 86 valence electrons. The molecule has 0 amide bonds. The smallest absolute Gasteiger partial charge is 0.310 e. The molecule has 5 heteroatoms. The van der Waals surface area contributed by atoms with Gasteiger partial charge in [0.15, 0.2) is 5.75 Å². The Morgan fingerprint density at radius 2 is 2.12 bits per heavy atom. The number of ether oxygens (including phenoxy) is 1. The van der Waals surface area contributed by atoms with Crippen LogP contribution in [0.1, 0.15) is 25.3 Å². The van der Waals surface area contributed by atoms with Gasteiger partial charge in [-0.25, -0.2) is 0 Å². The van der Waals surface area contributed by atoms with Crippen molar-refractivity contribution in [2.45, 2.75) is 19.8 Å². The zero-order valence-electron chi connectivity index (χ0n) is 9.39. The van der Waals surface area contributed by atoms with Crippen molar-refractivity contribution in [2.24, 2.45) is 0 Å². The summed E-state index contributed by atoms with van der Waals surface area (Å²) in [4.78, 5) is 21.3. The minimum Gasteiger partial charge on any atom is -0.490 e. The van der Waals surface area contributed by atoms with Crippen molar-refractivity contribution in [2.75, 3.05) is 7.11 Å². The standard InChI is InChI=1S/C11H13NO4/c1-7(8(2)13)9-4-5-10(12(14)15)11(6-9)16-3/h4-7H,1-3H3. The van der Waals surface area contributed by atoms with Crippen molar-refractivity contribution >= 4 is 11.5 Å². The normalized spacial score (nSPS) is 11.9. The van der Waals surface area contributed by atoms with E-state index in [9.17, 15) is 14.9 Å². The molecule has 0 N–H and O–H groups in total. The van der Waals surface area contributed by atoms with Crippen LogP contribution in [0.15, 0.2) is 18.2 Å². The fraction of sp³-hybridized carbons (Fsp3) is 0.364. The van der Waals surface area contributed by atoms with Gasteiger partial charge in [0.05, 0.1) is 12.0 Å². The van der Waals surface area contributed by atoms with Crippen molar-refractivity contribution in [3.63, 3.8) is 0 Å². The zero-order valence-corrected chi connectivity index (χ0v) is 9.39. The Bertz CT molecular complexity index is 428. The number of hydrogen-bond donors (Lipinski definition) is 0. The Kier molecular flexibility index (Phi) is 3.60. The molecule has 0 aliphatic heterocycles. The average molecular weight is 223 g/mol. The van der Waals surface area contributed by atoms with Gasteiger partial charge in [0, 0.05) is 12.0 Å². The Morgan fingerprint density at radius 3 is 2.56 bits per heavy atom. The Labute approximate surface area is 93.2 Å². The largest absolute Gasteiger partial charge is 0.490 e. The number of rotatable bonds is 4. The molecule has 16 heavy (non-hydrogen) atoms. The van der Waals surface area contributed by atoms with E-state index in [1.165, 1.54) is 26.2 Å². The molecule has 0 aliphatic rings. The zero-order chi connectivity index (χ0) is 12.3. The average Bonchev–Trinajstić information content (AvgIpc) is 2.26. The number of methoxy groups -OCH3 is 1. The second-order valence-corrected chi connectivity index (χ2v) is 3.52. The maximum Gasteiger partial charge on any atom is 0.310 e. The third-order valence-corrected chi connectivity index (χ3v) is 2.51. The van der Waals surface area contributed by atoms with Crippen LogP contribution in [0, 0.1) is 10.1 Å². The maximum absolute atomic E-state index is 11.2. The predicted octanol–water partition coefficient (Wildman–Crippen LogP) is 2.30. The molecule has 1 aromatic rings. The number of benzene rings is 1. The van der Waals surface area contributed by atoms with E-state index < -0.39 is 4.92 Å². The van der Waals surface area contributed by atoms with E-state index in [0.717, 1.165) is 5.56 Å². The number of ketones is 1. The monoisotopic (exact) mass is 223 g/mol. The first-order chi connectivity index (χ1) is 7.47. The molecule has 0 heterocycles. The first-order valence-electron chi connectivity index (χ1n) is 4.80. The van der Waals surface area contributed by atoms with Gasteiger partial charge in [0.2, 0.25) is 0 Å². The van der Waals surface area contributed by atoms with Crippen molar-refractivity contribution in [1.29, 1.82) is 0 Å². The molecule has 1 atom stereocenters. The van der Waals surface area contributed by atoms with Gasteiger partial charge < -0.3 is 4.74 Å². The van der Waals surface area contributed by atoms with E-state index in [2.05, 4.69) is 0 Å². The number of Topliss-reactive ketones (excluding diaryl/α,β-unsaturated/α-hetero) is 1. The van der Waals surface area contributed by atoms with Gasteiger partial charge in [-0.1, -0.05) is 13.0 Å². The van der Waals surface area contributed by atoms with Crippen LogP contribution >= 0.6 is 0 Å². The summed E-state index contributed by atoms with van der Waals surface area (Å²) in [6, 6.07) is 4.46. The van der Waals surface area contributed by atoms with E-state index in [4.69, 9.17) is 4.74 Å². The van der Waals surface area contributed by atoms with Crippen LogP contribution in [0.25, 0.3) is 0 Å². The Hall–Kier alpha value is -1.91. The Balaban J connectivity index is 3.18. The summed E-state index contributed by atoms with van der Waals surface area (Å²) in [6.07, 6.45) is 0. The second-order valence-electron chi connectivity index (χ2n) is 3.52. The van der Waals surface area contributed by atoms with Crippen molar-refractivity contribution in [3.05, 3.63) is 33.9 Å². The maximum atomic E-state index is 11.2. The summed E-state index contributed by atoms with van der Waals surface area (Å²) in [5.41, 5.74) is 0.622. The summed E-state index contributed by atoms with van der Waals surface area (Å²) < 4.78 is 4.92. The number of carbonyl (C=O) groups is 1. The summed E-state index contributed by atoms with van der Waals surface area (Å²) in [5, 5.41) is 10.7. The van der Waals surface area contributed by atoms with Gasteiger partial charge in [0.25, 0.3) is 0 Å². The molecular formula is C11H13NO4. The molecule has 0 aliphatic carbocycles. The molecule has 0 radical (unpaired) electrons. The van der Waals surface area contributed by atoms with E-state index >= 15 is 0 Å². The van der Waals surface area contributed by atoms with Crippen molar-refractivity contribution in [1.82, 2.24) is 0 Å². The third-order valence-electron chi connectivity index (χ3n) is 2.51. The lowest BCUT2D eigenvalue weighted by molar-refractivity contribution is -0.385.